The number of nitrogens with zero attached hydrogens (tertiary/aromatic N) is 2. The largest absolute Gasteiger partial charge is 0.378 e. The zero-order valence-electron chi connectivity index (χ0n) is 19.6. The van der Waals surface area contributed by atoms with Gasteiger partial charge in [0.15, 0.2) is 0 Å². The molecule has 0 bridgehead atoms. The van der Waals surface area contributed by atoms with Gasteiger partial charge < -0.3 is 19.9 Å². The van der Waals surface area contributed by atoms with Crippen LogP contribution in [0, 0.1) is 0 Å². The molecular weight excluding hydrogens is 458 g/mol. The molecule has 0 unspecified atom stereocenters. The van der Waals surface area contributed by atoms with Crippen LogP contribution in [0.3, 0.4) is 0 Å². The first kappa shape index (κ1) is 23.5. The number of hydrogen-bond donors (Lipinski definition) is 1. The molecule has 0 spiro atoms. The van der Waals surface area contributed by atoms with Gasteiger partial charge in [-0.1, -0.05) is 54.6 Å². The Morgan fingerprint density at radius 1 is 0.914 bits per heavy atom. The zero-order valence-corrected chi connectivity index (χ0v) is 20.4. The number of hydrogen-bond acceptors (Lipinski definition) is 5. The van der Waals surface area contributed by atoms with E-state index >= 15 is 0 Å². The average Bonchev–Trinajstić information content (AvgIpc) is 3.28. The lowest BCUT2D eigenvalue weighted by atomic mass is 10.1. The van der Waals surface area contributed by atoms with E-state index in [4.69, 9.17) is 4.74 Å². The number of morpholine rings is 1. The van der Waals surface area contributed by atoms with E-state index in [1.807, 2.05) is 59.5 Å². The molecule has 2 amide bonds. The molecule has 3 aromatic carbocycles. The second kappa shape index (κ2) is 11.0. The van der Waals surface area contributed by atoms with Gasteiger partial charge in [0.1, 0.15) is 5.37 Å². The Morgan fingerprint density at radius 3 is 2.34 bits per heavy atom. The fraction of sp³-hybridized carbons (Fsp3) is 0.286. The molecule has 180 valence electrons. The third-order valence-electron chi connectivity index (χ3n) is 6.39. The van der Waals surface area contributed by atoms with Crippen LogP contribution < -0.4 is 10.2 Å². The normalized spacial score (nSPS) is 18.1. The van der Waals surface area contributed by atoms with Gasteiger partial charge in [0.05, 0.1) is 19.0 Å². The van der Waals surface area contributed by atoms with E-state index in [1.54, 1.807) is 11.8 Å². The topological polar surface area (TPSA) is 61.9 Å². The van der Waals surface area contributed by atoms with Gasteiger partial charge in [-0.25, -0.2) is 0 Å². The van der Waals surface area contributed by atoms with Gasteiger partial charge in [-0.3, -0.25) is 9.59 Å². The number of anilines is 1. The van der Waals surface area contributed by atoms with E-state index in [2.05, 4.69) is 34.5 Å². The second-order valence-corrected chi connectivity index (χ2v) is 9.81. The number of carbonyl (C=O) groups is 2. The van der Waals surface area contributed by atoms with Crippen molar-refractivity contribution in [1.82, 2.24) is 10.2 Å². The minimum absolute atomic E-state index is 0.0372. The number of rotatable bonds is 7. The maximum atomic E-state index is 12.7. The van der Waals surface area contributed by atoms with Crippen LogP contribution in [0.2, 0.25) is 0 Å². The maximum absolute atomic E-state index is 12.7. The van der Waals surface area contributed by atoms with Crippen molar-refractivity contribution in [1.29, 1.82) is 0 Å². The highest BCUT2D eigenvalue weighted by atomic mass is 32.2. The van der Waals surface area contributed by atoms with E-state index in [0.717, 1.165) is 43.0 Å². The number of thioether (sulfide) groups is 1. The minimum atomic E-state index is -0.106. The standard InChI is InChI=1S/C28H29N3O3S/c32-26-20-35-28(31(26)19-22-4-2-1-3-5-22)24-10-8-23(9-11-24)27(33)29-18-21-6-12-25(13-7-21)30-14-16-34-17-15-30/h1-13,28H,14-20H2,(H,29,33)/t28-/m1/s1. The van der Waals surface area contributed by atoms with E-state index < -0.39 is 0 Å². The van der Waals surface area contributed by atoms with Crippen LogP contribution in [-0.2, 0) is 22.6 Å². The molecule has 5 rings (SSSR count). The molecule has 0 aromatic heterocycles. The summed E-state index contributed by atoms with van der Waals surface area (Å²) >= 11 is 1.63. The van der Waals surface area contributed by atoms with Crippen LogP contribution in [-0.4, -0.2) is 48.8 Å². The summed E-state index contributed by atoms with van der Waals surface area (Å²) < 4.78 is 5.41. The molecule has 2 fully saturated rings. The van der Waals surface area contributed by atoms with Crippen molar-refractivity contribution in [3.63, 3.8) is 0 Å². The first-order valence-electron chi connectivity index (χ1n) is 11.9. The first-order valence-corrected chi connectivity index (χ1v) is 13.0. The first-order chi connectivity index (χ1) is 17.2. The molecule has 6 nitrogen and oxygen atoms in total. The molecule has 1 N–H and O–H groups in total. The van der Waals surface area contributed by atoms with Crippen LogP contribution in [0.25, 0.3) is 0 Å². The summed E-state index contributed by atoms with van der Waals surface area (Å²) in [6, 6.07) is 26.0. The second-order valence-electron chi connectivity index (χ2n) is 8.74. The van der Waals surface area contributed by atoms with Gasteiger partial charge in [-0.2, -0.15) is 0 Å². The van der Waals surface area contributed by atoms with Crippen LogP contribution in [0.1, 0.15) is 32.4 Å². The summed E-state index contributed by atoms with van der Waals surface area (Å²) in [7, 11) is 0. The molecule has 0 aliphatic carbocycles. The predicted octanol–water partition coefficient (Wildman–Crippen LogP) is 4.23. The number of amides is 2. The van der Waals surface area contributed by atoms with Crippen molar-refractivity contribution < 1.29 is 14.3 Å². The lowest BCUT2D eigenvalue weighted by Gasteiger charge is -2.28. The number of nitrogens with one attached hydrogen (secondary N) is 1. The quantitative estimate of drug-likeness (QED) is 0.541. The SMILES string of the molecule is O=C(NCc1ccc(N2CCOCC2)cc1)c1ccc([C@H]2SCC(=O)N2Cc2ccccc2)cc1. The summed E-state index contributed by atoms with van der Waals surface area (Å²) in [6.45, 7) is 4.40. The Labute approximate surface area is 210 Å². The van der Waals surface area contributed by atoms with Crippen molar-refractivity contribution >= 4 is 29.3 Å². The van der Waals surface area contributed by atoms with Crippen LogP contribution in [0.5, 0.6) is 0 Å². The molecule has 2 aliphatic heterocycles. The van der Waals surface area contributed by atoms with Crippen molar-refractivity contribution in [3.05, 3.63) is 101 Å². The van der Waals surface area contributed by atoms with E-state index in [0.29, 0.717) is 24.4 Å². The predicted molar refractivity (Wildman–Crippen MR) is 139 cm³/mol. The van der Waals surface area contributed by atoms with Crippen LogP contribution in [0.4, 0.5) is 5.69 Å². The van der Waals surface area contributed by atoms with Gasteiger partial charge in [0, 0.05) is 37.4 Å². The Kier molecular flexibility index (Phi) is 7.35. The lowest BCUT2D eigenvalue weighted by Crippen LogP contribution is -2.36. The van der Waals surface area contributed by atoms with E-state index in [-0.39, 0.29) is 17.2 Å². The Balaban J connectivity index is 1.17. The van der Waals surface area contributed by atoms with Gasteiger partial charge in [-0.15, -0.1) is 11.8 Å². The highest BCUT2D eigenvalue weighted by molar-refractivity contribution is 8.00. The Bertz CT molecular complexity index is 1150. The summed E-state index contributed by atoms with van der Waals surface area (Å²) in [4.78, 5) is 29.4. The molecule has 0 radical (unpaired) electrons. The molecule has 7 heteroatoms. The van der Waals surface area contributed by atoms with Gasteiger partial charge >= 0.3 is 0 Å². The molecule has 2 heterocycles. The van der Waals surface area contributed by atoms with E-state index in [9.17, 15) is 9.59 Å². The zero-order chi connectivity index (χ0) is 24.0. The maximum Gasteiger partial charge on any atom is 0.251 e. The fourth-order valence-electron chi connectivity index (χ4n) is 4.41. The smallest absolute Gasteiger partial charge is 0.251 e. The molecule has 2 saturated heterocycles. The highest BCUT2D eigenvalue weighted by Gasteiger charge is 2.32. The molecule has 0 saturated carbocycles. The average molecular weight is 488 g/mol. The van der Waals surface area contributed by atoms with Crippen molar-refractivity contribution in [2.75, 3.05) is 37.0 Å². The Hall–Kier alpha value is -3.29. The van der Waals surface area contributed by atoms with E-state index in [1.165, 1.54) is 5.69 Å². The molecular formula is C28H29N3O3S. The summed E-state index contributed by atoms with van der Waals surface area (Å²) in [6.07, 6.45) is 0. The monoisotopic (exact) mass is 487 g/mol. The molecule has 3 aromatic rings. The fourth-order valence-corrected chi connectivity index (χ4v) is 5.60. The number of ether oxygens (including phenoxy) is 1. The van der Waals surface area contributed by atoms with Crippen molar-refractivity contribution in [2.45, 2.75) is 18.5 Å². The summed E-state index contributed by atoms with van der Waals surface area (Å²) in [5.41, 5.74) is 5.00. The molecule has 1 atom stereocenters. The minimum Gasteiger partial charge on any atom is -0.378 e. The summed E-state index contributed by atoms with van der Waals surface area (Å²) in [5.74, 6) is 0.514. The van der Waals surface area contributed by atoms with Crippen molar-refractivity contribution in [2.24, 2.45) is 0 Å². The number of carbonyl (C=O) groups excluding carboxylic acids is 2. The van der Waals surface area contributed by atoms with Gasteiger partial charge in [0.25, 0.3) is 5.91 Å². The van der Waals surface area contributed by atoms with Crippen molar-refractivity contribution in [3.8, 4) is 0 Å². The van der Waals surface area contributed by atoms with Gasteiger partial charge in [0.2, 0.25) is 5.91 Å². The third kappa shape index (κ3) is 5.69. The highest BCUT2D eigenvalue weighted by Crippen LogP contribution is 2.39. The van der Waals surface area contributed by atoms with Crippen LogP contribution in [0.15, 0.2) is 78.9 Å². The third-order valence-corrected chi connectivity index (χ3v) is 7.64. The Morgan fingerprint density at radius 2 is 1.63 bits per heavy atom. The number of benzene rings is 3. The molecule has 2 aliphatic rings. The van der Waals surface area contributed by atoms with Gasteiger partial charge in [-0.05, 0) is 41.0 Å². The molecule has 35 heavy (non-hydrogen) atoms. The van der Waals surface area contributed by atoms with Crippen LogP contribution >= 0.6 is 11.8 Å². The lowest BCUT2D eigenvalue weighted by molar-refractivity contribution is -0.128. The summed E-state index contributed by atoms with van der Waals surface area (Å²) in [5, 5.41) is 2.97.